The number of rotatable bonds is 7. The summed E-state index contributed by atoms with van der Waals surface area (Å²) in [6, 6.07) is 0.0964. The van der Waals surface area contributed by atoms with Crippen molar-refractivity contribution >= 4 is 11.8 Å². The molecule has 1 fully saturated rings. The average molecular weight is 349 g/mol. The fraction of sp³-hybridized carbons (Fsp3) is 0.722. The van der Waals surface area contributed by atoms with Crippen molar-refractivity contribution in [2.75, 3.05) is 19.6 Å². The van der Waals surface area contributed by atoms with Gasteiger partial charge in [0.15, 0.2) is 0 Å². The van der Waals surface area contributed by atoms with Gasteiger partial charge in [-0.1, -0.05) is 0 Å². The zero-order valence-corrected chi connectivity index (χ0v) is 15.7. The molecule has 1 aliphatic heterocycles. The molecule has 0 aliphatic carbocycles. The number of piperidine rings is 1. The van der Waals surface area contributed by atoms with Gasteiger partial charge in [0.25, 0.3) is 0 Å². The van der Waals surface area contributed by atoms with Gasteiger partial charge in [-0.05, 0) is 45.1 Å². The van der Waals surface area contributed by atoms with Crippen LogP contribution < -0.4 is 11.1 Å². The third-order valence-corrected chi connectivity index (χ3v) is 5.10. The summed E-state index contributed by atoms with van der Waals surface area (Å²) in [5.41, 5.74) is 8.69. The lowest BCUT2D eigenvalue weighted by Crippen LogP contribution is -2.49. The summed E-state index contributed by atoms with van der Waals surface area (Å²) in [6.45, 7) is 5.68. The van der Waals surface area contributed by atoms with Crippen molar-refractivity contribution in [3.63, 3.8) is 0 Å². The van der Waals surface area contributed by atoms with Crippen molar-refractivity contribution in [2.45, 2.75) is 58.4 Å². The van der Waals surface area contributed by atoms with Crippen molar-refractivity contribution < 1.29 is 9.59 Å². The van der Waals surface area contributed by atoms with Crippen LogP contribution >= 0.6 is 0 Å². The Balaban J connectivity index is 1.92. The second-order valence-electron chi connectivity index (χ2n) is 6.85. The Hall–Kier alpha value is -1.89. The highest BCUT2D eigenvalue weighted by atomic mass is 16.2. The molecule has 7 nitrogen and oxygen atoms in total. The predicted octanol–water partition coefficient (Wildman–Crippen LogP) is 0.816. The number of carbonyl (C=O) groups excluding carboxylic acids is 2. The zero-order valence-electron chi connectivity index (χ0n) is 15.7. The maximum atomic E-state index is 12.7. The standard InChI is InChI=1S/C18H31N5O2/c1-13-16(14(2)22(3)21-13)7-8-18(25)23-11-5-4-6-15(23)12-20-17(24)9-10-19/h15H,4-12,19H2,1-3H3,(H,20,24). The molecule has 1 saturated heterocycles. The van der Waals surface area contributed by atoms with Gasteiger partial charge in [0.1, 0.15) is 0 Å². The zero-order chi connectivity index (χ0) is 18.4. The van der Waals surface area contributed by atoms with Gasteiger partial charge < -0.3 is 16.0 Å². The van der Waals surface area contributed by atoms with Crippen LogP contribution in [0.2, 0.25) is 0 Å². The molecule has 1 atom stereocenters. The molecule has 0 bridgehead atoms. The Morgan fingerprint density at radius 1 is 1.28 bits per heavy atom. The van der Waals surface area contributed by atoms with Crippen LogP contribution in [0.15, 0.2) is 0 Å². The van der Waals surface area contributed by atoms with Crippen molar-refractivity contribution in [1.29, 1.82) is 0 Å². The third-order valence-electron chi connectivity index (χ3n) is 5.10. The maximum Gasteiger partial charge on any atom is 0.223 e. The Labute approximate surface area is 149 Å². The number of likely N-dealkylation sites (tertiary alicyclic amines) is 1. The van der Waals surface area contributed by atoms with E-state index < -0.39 is 0 Å². The van der Waals surface area contributed by atoms with Gasteiger partial charge in [0.05, 0.1) is 5.69 Å². The Kier molecular flexibility index (Phi) is 6.99. The minimum atomic E-state index is -0.0397. The fourth-order valence-electron chi connectivity index (χ4n) is 3.55. The lowest BCUT2D eigenvalue weighted by Gasteiger charge is -2.36. The molecule has 3 N–H and O–H groups in total. The van der Waals surface area contributed by atoms with E-state index in [1.807, 2.05) is 30.5 Å². The highest BCUT2D eigenvalue weighted by molar-refractivity contribution is 5.78. The fourth-order valence-corrected chi connectivity index (χ4v) is 3.55. The molecular weight excluding hydrogens is 318 g/mol. The molecule has 25 heavy (non-hydrogen) atoms. The number of aryl methyl sites for hydroxylation is 2. The van der Waals surface area contributed by atoms with Gasteiger partial charge >= 0.3 is 0 Å². The number of nitrogens with two attached hydrogens (primary N) is 1. The summed E-state index contributed by atoms with van der Waals surface area (Å²) in [5.74, 6) is 0.127. The van der Waals surface area contributed by atoms with E-state index in [0.29, 0.717) is 32.4 Å². The number of amides is 2. The summed E-state index contributed by atoms with van der Waals surface area (Å²) < 4.78 is 1.87. The highest BCUT2D eigenvalue weighted by Crippen LogP contribution is 2.20. The smallest absolute Gasteiger partial charge is 0.223 e. The summed E-state index contributed by atoms with van der Waals surface area (Å²) in [6.07, 6.45) is 4.61. The predicted molar refractivity (Wildman–Crippen MR) is 97.0 cm³/mol. The van der Waals surface area contributed by atoms with Crippen LogP contribution in [-0.2, 0) is 23.1 Å². The first-order valence-electron chi connectivity index (χ1n) is 9.19. The number of nitrogens with one attached hydrogen (secondary N) is 1. The lowest BCUT2D eigenvalue weighted by molar-refractivity contribution is -0.135. The van der Waals surface area contributed by atoms with Gasteiger partial charge in [-0.2, -0.15) is 5.10 Å². The number of hydrogen-bond acceptors (Lipinski definition) is 4. The van der Waals surface area contributed by atoms with E-state index in [1.54, 1.807) is 0 Å². The van der Waals surface area contributed by atoms with E-state index >= 15 is 0 Å². The molecule has 2 heterocycles. The molecule has 2 rings (SSSR count). The van der Waals surface area contributed by atoms with E-state index in [1.165, 1.54) is 5.56 Å². The number of aromatic nitrogens is 2. The number of hydrogen-bond donors (Lipinski definition) is 2. The molecule has 0 spiro atoms. The van der Waals surface area contributed by atoms with Crippen LogP contribution in [0.4, 0.5) is 0 Å². The van der Waals surface area contributed by atoms with Crippen LogP contribution in [0.3, 0.4) is 0 Å². The normalized spacial score (nSPS) is 17.6. The largest absolute Gasteiger partial charge is 0.354 e. The highest BCUT2D eigenvalue weighted by Gasteiger charge is 2.27. The minimum Gasteiger partial charge on any atom is -0.354 e. The van der Waals surface area contributed by atoms with Crippen LogP contribution in [0.1, 0.15) is 49.1 Å². The summed E-state index contributed by atoms with van der Waals surface area (Å²) in [5, 5.41) is 7.32. The molecular formula is C18H31N5O2. The molecule has 1 aromatic heterocycles. The summed E-state index contributed by atoms with van der Waals surface area (Å²) in [7, 11) is 1.93. The van der Waals surface area contributed by atoms with Crippen molar-refractivity contribution in [2.24, 2.45) is 12.8 Å². The maximum absolute atomic E-state index is 12.7. The van der Waals surface area contributed by atoms with Crippen LogP contribution in [0, 0.1) is 13.8 Å². The third kappa shape index (κ3) is 5.04. The van der Waals surface area contributed by atoms with E-state index in [9.17, 15) is 9.59 Å². The minimum absolute atomic E-state index is 0.0397. The summed E-state index contributed by atoms with van der Waals surface area (Å²) >= 11 is 0. The van der Waals surface area contributed by atoms with Gasteiger partial charge in [-0.15, -0.1) is 0 Å². The van der Waals surface area contributed by atoms with Gasteiger partial charge in [0, 0.05) is 51.3 Å². The van der Waals surface area contributed by atoms with Crippen LogP contribution in [-0.4, -0.2) is 52.2 Å². The first kappa shape index (κ1) is 19.4. The molecule has 0 radical (unpaired) electrons. The van der Waals surface area contributed by atoms with Crippen molar-refractivity contribution in [1.82, 2.24) is 20.0 Å². The topological polar surface area (TPSA) is 93.2 Å². The monoisotopic (exact) mass is 349 g/mol. The van der Waals surface area contributed by atoms with Crippen molar-refractivity contribution in [3.05, 3.63) is 17.0 Å². The molecule has 1 unspecified atom stereocenters. The molecule has 0 aromatic carbocycles. The lowest BCUT2D eigenvalue weighted by atomic mass is 10.00. The Morgan fingerprint density at radius 3 is 2.68 bits per heavy atom. The van der Waals surface area contributed by atoms with E-state index in [2.05, 4.69) is 10.4 Å². The quantitative estimate of drug-likeness (QED) is 0.762. The molecule has 0 saturated carbocycles. The second-order valence-corrected chi connectivity index (χ2v) is 6.85. The number of carbonyl (C=O) groups is 2. The molecule has 1 aliphatic rings. The van der Waals surface area contributed by atoms with E-state index in [-0.39, 0.29) is 17.9 Å². The average Bonchev–Trinajstić information content (AvgIpc) is 2.83. The molecule has 140 valence electrons. The van der Waals surface area contributed by atoms with Crippen molar-refractivity contribution in [3.8, 4) is 0 Å². The van der Waals surface area contributed by atoms with Crippen LogP contribution in [0.25, 0.3) is 0 Å². The van der Waals surface area contributed by atoms with E-state index in [4.69, 9.17) is 5.73 Å². The molecule has 7 heteroatoms. The first-order valence-corrected chi connectivity index (χ1v) is 9.19. The van der Waals surface area contributed by atoms with E-state index in [0.717, 1.165) is 37.2 Å². The Morgan fingerprint density at radius 2 is 2.04 bits per heavy atom. The first-order chi connectivity index (χ1) is 11.9. The Bertz CT molecular complexity index is 611. The summed E-state index contributed by atoms with van der Waals surface area (Å²) in [4.78, 5) is 26.3. The molecule has 2 amide bonds. The van der Waals surface area contributed by atoms with Crippen LogP contribution in [0.5, 0.6) is 0 Å². The van der Waals surface area contributed by atoms with Gasteiger partial charge in [-0.3, -0.25) is 14.3 Å². The molecule has 1 aromatic rings. The van der Waals surface area contributed by atoms with Gasteiger partial charge in [-0.25, -0.2) is 0 Å². The SMILES string of the molecule is Cc1nn(C)c(C)c1CCC(=O)N1CCCCC1CNC(=O)CCN. The second kappa shape index (κ2) is 8.99. The van der Waals surface area contributed by atoms with Gasteiger partial charge in [0.2, 0.25) is 11.8 Å². The number of nitrogens with zero attached hydrogens (tertiary/aromatic N) is 3.